The second-order valence-corrected chi connectivity index (χ2v) is 5.05. The molecule has 1 aromatic carbocycles. The highest BCUT2D eigenvalue weighted by Gasteiger charge is 2.27. The van der Waals surface area contributed by atoms with Gasteiger partial charge in [0.15, 0.2) is 0 Å². The minimum absolute atomic E-state index is 0.0477. The number of likely N-dealkylation sites (tertiary alicyclic amines) is 1. The highest BCUT2D eigenvalue weighted by Crippen LogP contribution is 2.19. The smallest absolute Gasteiger partial charge is 0.253 e. The van der Waals surface area contributed by atoms with Crippen molar-refractivity contribution in [3.8, 4) is 0 Å². The van der Waals surface area contributed by atoms with Gasteiger partial charge in [-0.25, -0.2) is 0 Å². The fraction of sp³-hybridized carbons (Fsp3) is 0.467. The maximum absolute atomic E-state index is 12.3. The van der Waals surface area contributed by atoms with E-state index in [0.717, 1.165) is 24.0 Å². The molecule has 1 N–H and O–H groups in total. The summed E-state index contributed by atoms with van der Waals surface area (Å²) in [5, 5.41) is 2.68. The van der Waals surface area contributed by atoms with Gasteiger partial charge in [0, 0.05) is 31.6 Å². The van der Waals surface area contributed by atoms with Gasteiger partial charge in [-0.2, -0.15) is 0 Å². The number of carbonyl (C=O) groups is 2. The average Bonchev–Trinajstić information content (AvgIpc) is 2.46. The summed E-state index contributed by atoms with van der Waals surface area (Å²) in [6.45, 7) is 3.30. The zero-order chi connectivity index (χ0) is 13.8. The third kappa shape index (κ3) is 3.13. The zero-order valence-corrected chi connectivity index (χ0v) is 11.5. The van der Waals surface area contributed by atoms with Gasteiger partial charge in [-0.05, 0) is 31.9 Å². The standard InChI is InChI=1S/C15H20N2O2/c1-11-4-3-5-13(10-11)15(19)17-8-6-12(7-9-17)14(18)16-2/h3-5,10,12H,6-9H2,1-2H3,(H,16,18). The van der Waals surface area contributed by atoms with Crippen LogP contribution in [0, 0.1) is 12.8 Å². The Morgan fingerprint density at radius 1 is 1.26 bits per heavy atom. The highest BCUT2D eigenvalue weighted by molar-refractivity contribution is 5.94. The molecular formula is C15H20N2O2. The van der Waals surface area contributed by atoms with E-state index in [1.54, 1.807) is 7.05 Å². The molecule has 0 bridgehead atoms. The first-order chi connectivity index (χ1) is 9.11. The van der Waals surface area contributed by atoms with Crippen molar-refractivity contribution < 1.29 is 9.59 Å². The summed E-state index contributed by atoms with van der Waals surface area (Å²) in [6.07, 6.45) is 1.49. The van der Waals surface area contributed by atoms with E-state index in [1.165, 1.54) is 0 Å². The zero-order valence-electron chi connectivity index (χ0n) is 11.5. The van der Waals surface area contributed by atoms with Crippen molar-refractivity contribution >= 4 is 11.8 Å². The second kappa shape index (κ2) is 5.87. The summed E-state index contributed by atoms with van der Waals surface area (Å²) in [4.78, 5) is 25.7. The summed E-state index contributed by atoms with van der Waals surface area (Å²) in [7, 11) is 1.66. The molecule has 0 atom stereocenters. The number of carbonyl (C=O) groups excluding carboxylic acids is 2. The summed E-state index contributed by atoms with van der Waals surface area (Å²) >= 11 is 0. The summed E-state index contributed by atoms with van der Waals surface area (Å²) in [5.74, 6) is 0.202. The number of hydrogen-bond acceptors (Lipinski definition) is 2. The van der Waals surface area contributed by atoms with Crippen LogP contribution in [0.5, 0.6) is 0 Å². The van der Waals surface area contributed by atoms with E-state index in [1.807, 2.05) is 36.1 Å². The maximum atomic E-state index is 12.3. The summed E-state index contributed by atoms with van der Waals surface area (Å²) in [5.41, 5.74) is 1.82. The van der Waals surface area contributed by atoms with E-state index in [2.05, 4.69) is 5.32 Å². The molecule has 2 rings (SSSR count). The molecule has 0 saturated carbocycles. The molecule has 1 fully saturated rings. The van der Waals surface area contributed by atoms with Gasteiger partial charge in [0.25, 0.3) is 5.91 Å². The van der Waals surface area contributed by atoms with Crippen LogP contribution in [0.1, 0.15) is 28.8 Å². The Kier molecular flexibility index (Phi) is 4.20. The fourth-order valence-corrected chi connectivity index (χ4v) is 2.51. The Bertz CT molecular complexity index is 477. The van der Waals surface area contributed by atoms with Crippen molar-refractivity contribution in [3.05, 3.63) is 35.4 Å². The third-order valence-electron chi connectivity index (χ3n) is 3.66. The fourth-order valence-electron chi connectivity index (χ4n) is 2.51. The van der Waals surface area contributed by atoms with E-state index in [0.29, 0.717) is 13.1 Å². The molecule has 0 aromatic heterocycles. The van der Waals surface area contributed by atoms with Gasteiger partial charge in [0.1, 0.15) is 0 Å². The normalized spacial score (nSPS) is 16.2. The molecule has 1 aliphatic heterocycles. The van der Waals surface area contributed by atoms with Crippen LogP contribution in [0.4, 0.5) is 0 Å². The first kappa shape index (κ1) is 13.6. The Labute approximate surface area is 113 Å². The van der Waals surface area contributed by atoms with Gasteiger partial charge < -0.3 is 10.2 Å². The average molecular weight is 260 g/mol. The molecule has 4 nitrogen and oxygen atoms in total. The van der Waals surface area contributed by atoms with Gasteiger partial charge in [-0.1, -0.05) is 17.7 Å². The lowest BCUT2D eigenvalue weighted by Gasteiger charge is -2.31. The predicted molar refractivity (Wildman–Crippen MR) is 73.9 cm³/mol. The van der Waals surface area contributed by atoms with Crippen molar-refractivity contribution in [1.29, 1.82) is 0 Å². The quantitative estimate of drug-likeness (QED) is 0.878. The van der Waals surface area contributed by atoms with Crippen LogP contribution < -0.4 is 5.32 Å². The van der Waals surface area contributed by atoms with Crippen molar-refractivity contribution in [3.63, 3.8) is 0 Å². The van der Waals surface area contributed by atoms with Crippen LogP contribution in [0.3, 0.4) is 0 Å². The molecule has 0 aliphatic carbocycles. The van der Waals surface area contributed by atoms with E-state index < -0.39 is 0 Å². The first-order valence-electron chi connectivity index (χ1n) is 6.69. The second-order valence-electron chi connectivity index (χ2n) is 5.05. The third-order valence-corrected chi connectivity index (χ3v) is 3.66. The molecular weight excluding hydrogens is 240 g/mol. The van der Waals surface area contributed by atoms with Crippen molar-refractivity contribution in [1.82, 2.24) is 10.2 Å². The number of nitrogens with one attached hydrogen (secondary N) is 1. The maximum Gasteiger partial charge on any atom is 0.253 e. The Morgan fingerprint density at radius 3 is 2.53 bits per heavy atom. The van der Waals surface area contributed by atoms with Crippen LogP contribution in [-0.2, 0) is 4.79 Å². The first-order valence-corrected chi connectivity index (χ1v) is 6.69. The lowest BCUT2D eigenvalue weighted by Crippen LogP contribution is -2.42. The molecule has 102 valence electrons. The van der Waals surface area contributed by atoms with Gasteiger partial charge >= 0.3 is 0 Å². The van der Waals surface area contributed by atoms with Gasteiger partial charge in [0.2, 0.25) is 5.91 Å². The molecule has 1 heterocycles. The van der Waals surface area contributed by atoms with Crippen molar-refractivity contribution in [2.75, 3.05) is 20.1 Å². The number of benzene rings is 1. The van der Waals surface area contributed by atoms with E-state index in [-0.39, 0.29) is 17.7 Å². The van der Waals surface area contributed by atoms with Gasteiger partial charge in [-0.15, -0.1) is 0 Å². The molecule has 1 saturated heterocycles. The molecule has 1 aromatic rings. The van der Waals surface area contributed by atoms with Crippen LogP contribution in [0.15, 0.2) is 24.3 Å². The van der Waals surface area contributed by atoms with Crippen LogP contribution in [0.25, 0.3) is 0 Å². The number of piperidine rings is 1. The molecule has 0 unspecified atom stereocenters. The Balaban J connectivity index is 1.98. The SMILES string of the molecule is CNC(=O)C1CCN(C(=O)c2cccc(C)c2)CC1. The Morgan fingerprint density at radius 2 is 1.95 bits per heavy atom. The van der Waals surface area contributed by atoms with E-state index >= 15 is 0 Å². The van der Waals surface area contributed by atoms with Crippen molar-refractivity contribution in [2.24, 2.45) is 5.92 Å². The topological polar surface area (TPSA) is 49.4 Å². The Hall–Kier alpha value is -1.84. The van der Waals surface area contributed by atoms with E-state index in [4.69, 9.17) is 0 Å². The molecule has 19 heavy (non-hydrogen) atoms. The molecule has 1 aliphatic rings. The number of rotatable bonds is 2. The van der Waals surface area contributed by atoms with E-state index in [9.17, 15) is 9.59 Å². The molecule has 2 amide bonds. The predicted octanol–water partition coefficient (Wildman–Crippen LogP) is 1.59. The van der Waals surface area contributed by atoms with Crippen LogP contribution in [-0.4, -0.2) is 36.9 Å². The summed E-state index contributed by atoms with van der Waals surface area (Å²) < 4.78 is 0. The lowest BCUT2D eigenvalue weighted by atomic mass is 9.95. The monoisotopic (exact) mass is 260 g/mol. The van der Waals surface area contributed by atoms with Crippen LogP contribution in [0.2, 0.25) is 0 Å². The van der Waals surface area contributed by atoms with Gasteiger partial charge in [-0.3, -0.25) is 9.59 Å². The van der Waals surface area contributed by atoms with Crippen molar-refractivity contribution in [2.45, 2.75) is 19.8 Å². The van der Waals surface area contributed by atoms with Crippen LogP contribution >= 0.6 is 0 Å². The van der Waals surface area contributed by atoms with Gasteiger partial charge in [0.05, 0.1) is 0 Å². The lowest BCUT2D eigenvalue weighted by molar-refractivity contribution is -0.125. The molecule has 0 spiro atoms. The highest BCUT2D eigenvalue weighted by atomic mass is 16.2. The molecule has 4 heteroatoms. The molecule has 0 radical (unpaired) electrons. The summed E-state index contributed by atoms with van der Waals surface area (Å²) in [6, 6.07) is 7.64. The number of hydrogen-bond donors (Lipinski definition) is 1. The number of aryl methyl sites for hydroxylation is 1. The minimum atomic E-state index is 0.0477. The number of nitrogens with zero attached hydrogens (tertiary/aromatic N) is 1. The minimum Gasteiger partial charge on any atom is -0.359 e. The largest absolute Gasteiger partial charge is 0.359 e. The number of amides is 2.